The average molecular weight is 321 g/mol. The lowest BCUT2D eigenvalue weighted by Gasteiger charge is -2.10. The highest BCUT2D eigenvalue weighted by Crippen LogP contribution is 2.34. The lowest BCUT2D eigenvalue weighted by atomic mass is 10.0. The van der Waals surface area contributed by atoms with Gasteiger partial charge in [-0.1, -0.05) is 50.9 Å². The van der Waals surface area contributed by atoms with Gasteiger partial charge in [0.2, 0.25) is 0 Å². The van der Waals surface area contributed by atoms with Crippen molar-refractivity contribution in [2.45, 2.75) is 14.4 Å². The van der Waals surface area contributed by atoms with E-state index in [9.17, 15) is 5.11 Å². The fourth-order valence-electron chi connectivity index (χ4n) is 2.23. The Labute approximate surface area is 143 Å². The molecule has 0 unspecified atom stereocenters. The predicted octanol–water partition coefficient (Wildman–Crippen LogP) is 4.68. The van der Waals surface area contributed by atoms with Crippen molar-refractivity contribution in [1.29, 1.82) is 0 Å². The molecule has 0 radical (unpaired) electrons. The third-order valence-corrected chi connectivity index (χ3v) is 3.43. The van der Waals surface area contributed by atoms with Gasteiger partial charge in [-0.05, 0) is 24.8 Å². The van der Waals surface area contributed by atoms with Crippen LogP contribution in [0.1, 0.15) is 18.6 Å². The van der Waals surface area contributed by atoms with Gasteiger partial charge in [-0.15, -0.1) is 0 Å². The Morgan fingerprint density at radius 1 is 1.12 bits per heavy atom. The Bertz CT molecular complexity index is 839. The summed E-state index contributed by atoms with van der Waals surface area (Å²) in [6.45, 7) is 8.75. The van der Waals surface area contributed by atoms with Crippen molar-refractivity contribution < 1.29 is 5.11 Å². The smallest absolute Gasteiger partial charge is 0.145 e. The first-order valence-electron chi connectivity index (χ1n) is 7.11. The summed E-state index contributed by atoms with van der Waals surface area (Å²) in [6, 6.07) is 9.63. The molecule has 3 N–H and O–H groups in total. The molecule has 0 atom stereocenters. The fourth-order valence-corrected chi connectivity index (χ4v) is 2.23. The van der Waals surface area contributed by atoms with Crippen molar-refractivity contribution in [2.24, 2.45) is 5.73 Å². The van der Waals surface area contributed by atoms with E-state index in [2.05, 4.69) is 28.9 Å². The Balaban J connectivity index is 0.000000671. The molecule has 0 bridgehead atoms. The SMILES string of the molecule is C.C=CN.C=Cc1ccc(-c2nc3ccncc3c(C)c2O)cc1. The third kappa shape index (κ3) is 3.79. The molecule has 4 heteroatoms. The van der Waals surface area contributed by atoms with Crippen LogP contribution in [0.4, 0.5) is 0 Å². The van der Waals surface area contributed by atoms with Crippen molar-refractivity contribution in [3.63, 3.8) is 0 Å². The molecule has 1 aromatic carbocycles. The van der Waals surface area contributed by atoms with Gasteiger partial charge in [-0.3, -0.25) is 4.98 Å². The Hall–Kier alpha value is -3.14. The molecule has 24 heavy (non-hydrogen) atoms. The summed E-state index contributed by atoms with van der Waals surface area (Å²) >= 11 is 0. The third-order valence-electron chi connectivity index (χ3n) is 3.43. The minimum atomic E-state index is 0. The summed E-state index contributed by atoms with van der Waals surface area (Å²) in [5, 5.41) is 11.2. The van der Waals surface area contributed by atoms with Gasteiger partial charge in [0.1, 0.15) is 11.4 Å². The fraction of sp³-hybridized carbons (Fsp3) is 0.100. The number of fused-ring (bicyclic) bond motifs is 1. The van der Waals surface area contributed by atoms with Crippen molar-refractivity contribution in [3.8, 4) is 17.0 Å². The second kappa shape index (κ2) is 8.48. The summed E-state index contributed by atoms with van der Waals surface area (Å²) < 4.78 is 0. The number of nitrogens with two attached hydrogens (primary N) is 1. The van der Waals surface area contributed by atoms with Crippen molar-refractivity contribution in [2.75, 3.05) is 0 Å². The van der Waals surface area contributed by atoms with Gasteiger partial charge in [0, 0.05) is 28.9 Å². The van der Waals surface area contributed by atoms with Gasteiger partial charge in [0.25, 0.3) is 0 Å². The Morgan fingerprint density at radius 3 is 2.33 bits per heavy atom. The second-order valence-electron chi connectivity index (χ2n) is 4.89. The number of benzene rings is 1. The first-order chi connectivity index (χ1) is 11.1. The summed E-state index contributed by atoms with van der Waals surface area (Å²) in [4.78, 5) is 8.62. The number of hydrogen-bond donors (Lipinski definition) is 2. The van der Waals surface area contributed by atoms with E-state index in [1.54, 1.807) is 18.5 Å². The summed E-state index contributed by atoms with van der Waals surface area (Å²) in [5.74, 6) is 0.205. The minimum Gasteiger partial charge on any atom is -0.505 e. The molecular formula is C20H23N3O. The van der Waals surface area contributed by atoms with Crippen LogP contribution < -0.4 is 5.73 Å². The zero-order valence-corrected chi connectivity index (χ0v) is 13.0. The zero-order valence-electron chi connectivity index (χ0n) is 13.0. The van der Waals surface area contributed by atoms with E-state index < -0.39 is 0 Å². The van der Waals surface area contributed by atoms with Crippen LogP contribution in [0, 0.1) is 6.92 Å². The molecule has 4 nitrogen and oxygen atoms in total. The molecule has 0 aliphatic heterocycles. The molecule has 0 aliphatic rings. The normalized spacial score (nSPS) is 9.38. The maximum absolute atomic E-state index is 10.4. The molecule has 124 valence electrons. The molecule has 0 spiro atoms. The standard InChI is InChI=1S/C17H14N2O.C2H5N.CH4/c1-3-12-4-6-13(7-5-12)16-17(20)11(2)14-10-18-9-8-15(14)19-16;1-2-3;/h3-10,20H,1H2,2H3;2H,1,3H2;1H4. The molecule has 0 saturated heterocycles. The number of aryl methyl sites for hydroxylation is 1. The zero-order chi connectivity index (χ0) is 16.8. The first kappa shape index (κ1) is 18.9. The van der Waals surface area contributed by atoms with Gasteiger partial charge in [-0.25, -0.2) is 4.98 Å². The molecule has 3 aromatic rings. The topological polar surface area (TPSA) is 72.0 Å². The van der Waals surface area contributed by atoms with Crippen LogP contribution in [0.2, 0.25) is 0 Å². The molecular weight excluding hydrogens is 298 g/mol. The highest BCUT2D eigenvalue weighted by Gasteiger charge is 2.12. The van der Waals surface area contributed by atoms with Crippen LogP contribution >= 0.6 is 0 Å². The monoisotopic (exact) mass is 321 g/mol. The summed E-state index contributed by atoms with van der Waals surface area (Å²) in [5.41, 5.74) is 8.76. The molecule has 0 amide bonds. The lowest BCUT2D eigenvalue weighted by Crippen LogP contribution is -1.91. The number of nitrogens with zero attached hydrogens (tertiary/aromatic N) is 2. The first-order valence-corrected chi connectivity index (χ1v) is 7.11. The van der Waals surface area contributed by atoms with Gasteiger partial charge in [0.05, 0.1) is 5.52 Å². The number of hydrogen-bond acceptors (Lipinski definition) is 4. The number of pyridine rings is 2. The highest BCUT2D eigenvalue weighted by molar-refractivity contribution is 5.87. The molecule has 0 saturated carbocycles. The minimum absolute atomic E-state index is 0. The van der Waals surface area contributed by atoms with E-state index in [-0.39, 0.29) is 13.2 Å². The van der Waals surface area contributed by atoms with Gasteiger partial charge < -0.3 is 10.8 Å². The van der Waals surface area contributed by atoms with Gasteiger partial charge in [0.15, 0.2) is 0 Å². The number of aromatic hydroxyl groups is 1. The van der Waals surface area contributed by atoms with E-state index in [0.29, 0.717) is 5.69 Å². The number of aromatic nitrogens is 2. The molecule has 0 aliphatic carbocycles. The predicted molar refractivity (Wildman–Crippen MR) is 103 cm³/mol. The van der Waals surface area contributed by atoms with E-state index in [1.165, 1.54) is 6.20 Å². The molecule has 0 fully saturated rings. The largest absolute Gasteiger partial charge is 0.505 e. The maximum Gasteiger partial charge on any atom is 0.145 e. The van der Waals surface area contributed by atoms with E-state index in [4.69, 9.17) is 0 Å². The Morgan fingerprint density at radius 2 is 1.75 bits per heavy atom. The van der Waals surface area contributed by atoms with Crippen LogP contribution in [0.25, 0.3) is 28.2 Å². The van der Waals surface area contributed by atoms with Crippen LogP contribution in [0.3, 0.4) is 0 Å². The second-order valence-corrected chi connectivity index (χ2v) is 4.89. The van der Waals surface area contributed by atoms with Gasteiger partial charge >= 0.3 is 0 Å². The van der Waals surface area contributed by atoms with Crippen LogP contribution in [-0.4, -0.2) is 15.1 Å². The highest BCUT2D eigenvalue weighted by atomic mass is 16.3. The van der Waals surface area contributed by atoms with E-state index in [0.717, 1.165) is 27.6 Å². The van der Waals surface area contributed by atoms with E-state index >= 15 is 0 Å². The van der Waals surface area contributed by atoms with E-state index in [1.807, 2.05) is 37.3 Å². The van der Waals surface area contributed by atoms with Crippen LogP contribution in [-0.2, 0) is 0 Å². The Kier molecular flexibility index (Phi) is 6.68. The van der Waals surface area contributed by atoms with Crippen molar-refractivity contribution in [3.05, 3.63) is 73.2 Å². The van der Waals surface area contributed by atoms with Crippen molar-refractivity contribution >= 4 is 17.0 Å². The number of rotatable bonds is 2. The summed E-state index contributed by atoms with van der Waals surface area (Å²) in [6.07, 6.45) is 6.47. The quantitative estimate of drug-likeness (QED) is 0.719. The summed E-state index contributed by atoms with van der Waals surface area (Å²) in [7, 11) is 0. The molecule has 2 aromatic heterocycles. The van der Waals surface area contributed by atoms with Crippen LogP contribution in [0.15, 0.2) is 62.1 Å². The molecule has 2 heterocycles. The van der Waals surface area contributed by atoms with Gasteiger partial charge in [-0.2, -0.15) is 0 Å². The lowest BCUT2D eigenvalue weighted by molar-refractivity contribution is 0.472. The van der Waals surface area contributed by atoms with Crippen LogP contribution in [0.5, 0.6) is 5.75 Å². The maximum atomic E-state index is 10.4. The van der Waals surface area contributed by atoms with Crippen molar-refractivity contribution in [1.82, 2.24) is 9.97 Å². The molecule has 3 rings (SSSR count). The average Bonchev–Trinajstić information content (AvgIpc) is 2.59.